The smallest absolute Gasteiger partial charge is 0.372 e. The second kappa shape index (κ2) is 4.61. The van der Waals surface area contributed by atoms with Crippen molar-refractivity contribution in [3.8, 4) is 5.88 Å². The molecule has 0 amide bonds. The Morgan fingerprint density at radius 1 is 1.42 bits per heavy atom. The van der Waals surface area contributed by atoms with Crippen LogP contribution in [0.2, 0.25) is 0 Å². The number of fused-ring (bicyclic) bond motifs is 1. The first-order valence-electron chi connectivity index (χ1n) is 6.19. The highest BCUT2D eigenvalue weighted by molar-refractivity contribution is 5.63. The van der Waals surface area contributed by atoms with Crippen molar-refractivity contribution in [3.63, 3.8) is 0 Å². The Bertz CT molecular complexity index is 497. The molecule has 3 heterocycles. The van der Waals surface area contributed by atoms with Gasteiger partial charge in [0.1, 0.15) is 6.33 Å². The molecule has 0 bridgehead atoms. The Kier molecular flexibility index (Phi) is 2.94. The summed E-state index contributed by atoms with van der Waals surface area (Å²) < 4.78 is 4.97. The van der Waals surface area contributed by atoms with E-state index < -0.39 is 4.92 Å². The molecule has 102 valence electrons. The van der Waals surface area contributed by atoms with Crippen LogP contribution in [0.4, 0.5) is 11.5 Å². The summed E-state index contributed by atoms with van der Waals surface area (Å²) >= 11 is 0. The summed E-state index contributed by atoms with van der Waals surface area (Å²) in [6, 6.07) is 0. The molecule has 1 aromatic rings. The van der Waals surface area contributed by atoms with Gasteiger partial charge in [0.15, 0.2) is 0 Å². The summed E-state index contributed by atoms with van der Waals surface area (Å²) in [5, 5.41) is 14.5. The van der Waals surface area contributed by atoms with Crippen molar-refractivity contribution < 1.29 is 9.66 Å². The summed E-state index contributed by atoms with van der Waals surface area (Å²) in [7, 11) is 1.38. The lowest BCUT2D eigenvalue weighted by molar-refractivity contribution is -0.385. The molecule has 2 atom stereocenters. The molecule has 1 N–H and O–H groups in total. The van der Waals surface area contributed by atoms with Crippen molar-refractivity contribution in [1.82, 2.24) is 15.3 Å². The van der Waals surface area contributed by atoms with Gasteiger partial charge in [-0.25, -0.2) is 4.98 Å². The van der Waals surface area contributed by atoms with E-state index >= 15 is 0 Å². The van der Waals surface area contributed by atoms with Crippen molar-refractivity contribution in [1.29, 1.82) is 0 Å². The molecular weight excluding hydrogens is 250 g/mol. The highest BCUT2D eigenvalue weighted by Gasteiger charge is 2.39. The summed E-state index contributed by atoms with van der Waals surface area (Å²) in [5.41, 5.74) is -0.141. The zero-order valence-corrected chi connectivity index (χ0v) is 10.6. The summed E-state index contributed by atoms with van der Waals surface area (Å²) in [4.78, 5) is 20.6. The third kappa shape index (κ3) is 1.97. The zero-order chi connectivity index (χ0) is 13.4. The topological polar surface area (TPSA) is 93.4 Å². The SMILES string of the molecule is COc1ncnc(N2C[C@H]3CNC[C@H]3C2)c1[N+](=O)[O-]. The van der Waals surface area contributed by atoms with E-state index in [2.05, 4.69) is 15.3 Å². The lowest BCUT2D eigenvalue weighted by Gasteiger charge is -2.18. The third-order valence-electron chi connectivity index (χ3n) is 3.83. The van der Waals surface area contributed by atoms with E-state index in [0.29, 0.717) is 17.7 Å². The first-order chi connectivity index (χ1) is 9.20. The monoisotopic (exact) mass is 265 g/mol. The predicted octanol–water partition coefficient (Wildman–Crippen LogP) is 0.0490. The normalized spacial score (nSPS) is 25.4. The van der Waals surface area contributed by atoms with E-state index in [1.807, 2.05) is 4.90 Å². The molecular formula is C11H15N5O3. The Labute approximate surface area is 109 Å². The number of hydrogen-bond donors (Lipinski definition) is 1. The van der Waals surface area contributed by atoms with Crippen molar-refractivity contribution in [3.05, 3.63) is 16.4 Å². The van der Waals surface area contributed by atoms with Crippen molar-refractivity contribution in [2.45, 2.75) is 0 Å². The molecule has 19 heavy (non-hydrogen) atoms. The first kappa shape index (κ1) is 12.1. The maximum absolute atomic E-state index is 11.2. The van der Waals surface area contributed by atoms with E-state index in [1.165, 1.54) is 13.4 Å². The van der Waals surface area contributed by atoms with Crippen LogP contribution in [0.3, 0.4) is 0 Å². The van der Waals surface area contributed by atoms with Gasteiger partial charge in [-0.2, -0.15) is 4.98 Å². The summed E-state index contributed by atoms with van der Waals surface area (Å²) in [5.74, 6) is 1.47. The lowest BCUT2D eigenvalue weighted by Crippen LogP contribution is -2.27. The Morgan fingerprint density at radius 3 is 2.68 bits per heavy atom. The van der Waals surface area contributed by atoms with Crippen LogP contribution in [0, 0.1) is 22.0 Å². The van der Waals surface area contributed by atoms with E-state index in [1.54, 1.807) is 0 Å². The van der Waals surface area contributed by atoms with Crippen LogP contribution < -0.4 is 15.0 Å². The highest BCUT2D eigenvalue weighted by atomic mass is 16.6. The minimum absolute atomic E-state index is 0.0187. The summed E-state index contributed by atoms with van der Waals surface area (Å²) in [6.07, 6.45) is 1.31. The highest BCUT2D eigenvalue weighted by Crippen LogP contribution is 2.37. The lowest BCUT2D eigenvalue weighted by atomic mass is 10.0. The number of nitro groups is 1. The van der Waals surface area contributed by atoms with Gasteiger partial charge < -0.3 is 15.0 Å². The number of aromatic nitrogens is 2. The molecule has 0 unspecified atom stereocenters. The van der Waals surface area contributed by atoms with Gasteiger partial charge in [-0.15, -0.1) is 0 Å². The number of anilines is 1. The number of nitrogens with one attached hydrogen (secondary N) is 1. The number of methoxy groups -OCH3 is 1. The number of hydrogen-bond acceptors (Lipinski definition) is 7. The molecule has 2 saturated heterocycles. The van der Waals surface area contributed by atoms with Crippen molar-refractivity contribution in [2.24, 2.45) is 11.8 Å². The quantitative estimate of drug-likeness (QED) is 0.609. The Balaban J connectivity index is 1.94. The van der Waals surface area contributed by atoms with Gasteiger partial charge in [-0.3, -0.25) is 10.1 Å². The first-order valence-corrected chi connectivity index (χ1v) is 6.19. The molecule has 0 saturated carbocycles. The molecule has 2 aliphatic rings. The predicted molar refractivity (Wildman–Crippen MR) is 67.3 cm³/mol. The van der Waals surface area contributed by atoms with Crippen LogP contribution >= 0.6 is 0 Å². The van der Waals surface area contributed by atoms with Crippen LogP contribution in [-0.4, -0.2) is 48.2 Å². The fourth-order valence-corrected chi connectivity index (χ4v) is 2.92. The fraction of sp³-hybridized carbons (Fsp3) is 0.636. The van der Waals surface area contributed by atoms with Crippen LogP contribution in [-0.2, 0) is 0 Å². The summed E-state index contributed by atoms with van der Waals surface area (Å²) in [6.45, 7) is 3.52. The van der Waals surface area contributed by atoms with Crippen LogP contribution in [0.1, 0.15) is 0 Å². The molecule has 0 spiro atoms. The van der Waals surface area contributed by atoms with Crippen LogP contribution in [0.5, 0.6) is 5.88 Å². The molecule has 8 nitrogen and oxygen atoms in total. The number of nitrogens with zero attached hydrogens (tertiary/aromatic N) is 4. The molecule has 0 aromatic carbocycles. The van der Waals surface area contributed by atoms with Crippen molar-refractivity contribution in [2.75, 3.05) is 38.2 Å². The maximum Gasteiger partial charge on any atom is 0.372 e. The van der Waals surface area contributed by atoms with Gasteiger partial charge >= 0.3 is 5.69 Å². The van der Waals surface area contributed by atoms with Crippen molar-refractivity contribution >= 4 is 11.5 Å². The van der Waals surface area contributed by atoms with E-state index in [9.17, 15) is 10.1 Å². The molecule has 0 radical (unpaired) electrons. The minimum atomic E-state index is -0.472. The van der Waals surface area contributed by atoms with Gasteiger partial charge in [0, 0.05) is 26.2 Å². The average Bonchev–Trinajstić information content (AvgIpc) is 2.98. The van der Waals surface area contributed by atoms with Gasteiger partial charge in [0.25, 0.3) is 5.88 Å². The molecule has 2 aliphatic heterocycles. The molecule has 0 aliphatic carbocycles. The van der Waals surface area contributed by atoms with E-state index in [4.69, 9.17) is 4.74 Å². The number of ether oxygens (including phenoxy) is 1. The Hall–Kier alpha value is -1.96. The second-order valence-electron chi connectivity index (χ2n) is 4.90. The van der Waals surface area contributed by atoms with Crippen LogP contribution in [0.15, 0.2) is 6.33 Å². The standard InChI is InChI=1S/C11H15N5O3/c1-19-11-9(16(17)18)10(13-6-14-11)15-4-7-2-12-3-8(7)5-15/h6-8,12H,2-5H2,1H3/t7-,8+. The number of rotatable bonds is 3. The van der Waals surface area contributed by atoms with Crippen LogP contribution in [0.25, 0.3) is 0 Å². The van der Waals surface area contributed by atoms with Gasteiger partial charge in [-0.05, 0) is 11.8 Å². The average molecular weight is 265 g/mol. The van der Waals surface area contributed by atoms with Gasteiger partial charge in [0.2, 0.25) is 5.82 Å². The molecule has 2 fully saturated rings. The Morgan fingerprint density at radius 2 is 2.11 bits per heavy atom. The van der Waals surface area contributed by atoms with E-state index in [0.717, 1.165) is 26.2 Å². The molecule has 3 rings (SSSR count). The minimum Gasteiger partial charge on any atom is -0.476 e. The van der Waals surface area contributed by atoms with E-state index in [-0.39, 0.29) is 11.6 Å². The molecule has 1 aromatic heterocycles. The van der Waals surface area contributed by atoms with Gasteiger partial charge in [0.05, 0.1) is 12.0 Å². The maximum atomic E-state index is 11.2. The molecule has 8 heteroatoms. The largest absolute Gasteiger partial charge is 0.476 e. The second-order valence-corrected chi connectivity index (χ2v) is 4.90. The zero-order valence-electron chi connectivity index (χ0n) is 10.6. The van der Waals surface area contributed by atoms with Gasteiger partial charge in [-0.1, -0.05) is 0 Å². The fourth-order valence-electron chi connectivity index (χ4n) is 2.92. The third-order valence-corrected chi connectivity index (χ3v) is 3.83.